The van der Waals surface area contributed by atoms with Crippen molar-refractivity contribution < 1.29 is 19.1 Å². The zero-order chi connectivity index (χ0) is 25.1. The molecule has 1 saturated carbocycles. The van der Waals surface area contributed by atoms with Crippen LogP contribution in [0.5, 0.6) is 0 Å². The molecule has 0 radical (unpaired) electrons. The van der Waals surface area contributed by atoms with Crippen LogP contribution < -0.4 is 10.2 Å². The van der Waals surface area contributed by atoms with Crippen LogP contribution in [0.25, 0.3) is 0 Å². The van der Waals surface area contributed by atoms with Crippen LogP contribution in [0, 0.1) is 0 Å². The van der Waals surface area contributed by atoms with E-state index in [2.05, 4.69) is 11.4 Å². The zero-order valence-corrected chi connectivity index (χ0v) is 22.1. The minimum absolute atomic E-state index is 0.0587. The first-order chi connectivity index (χ1) is 16.6. The lowest BCUT2D eigenvalue weighted by molar-refractivity contribution is -0.104. The highest BCUT2D eigenvalue weighted by Gasteiger charge is 2.48. The maximum absolute atomic E-state index is 13.2. The number of pyridine rings is 1. The highest BCUT2D eigenvalue weighted by Crippen LogP contribution is 2.49. The van der Waals surface area contributed by atoms with Crippen LogP contribution in [0.1, 0.15) is 81.1 Å². The van der Waals surface area contributed by atoms with E-state index in [1.807, 2.05) is 44.5 Å². The van der Waals surface area contributed by atoms with Crippen molar-refractivity contribution in [3.63, 3.8) is 0 Å². The van der Waals surface area contributed by atoms with Crippen molar-refractivity contribution in [2.24, 2.45) is 0 Å². The van der Waals surface area contributed by atoms with Crippen molar-refractivity contribution in [2.45, 2.75) is 82.3 Å². The number of anilines is 1. The summed E-state index contributed by atoms with van der Waals surface area (Å²) in [5.74, 6) is -0.177. The largest absolute Gasteiger partial charge is 0.443 e. The molecule has 2 aromatic heterocycles. The summed E-state index contributed by atoms with van der Waals surface area (Å²) >= 11 is 1.32. The van der Waals surface area contributed by atoms with Gasteiger partial charge in [-0.2, -0.15) is 0 Å². The molecule has 190 valence electrons. The SMILES string of the molecule is CN(C(=O)OC(C)(C)C)c1ccsc1C(=O)NCCC1(c2ccccn2)CCOC2(CCCC2)C1. The molecule has 2 aromatic rings. The molecule has 7 nitrogen and oxygen atoms in total. The lowest BCUT2D eigenvalue weighted by Crippen LogP contribution is -2.47. The normalized spacial score (nSPS) is 21.6. The maximum atomic E-state index is 13.2. The second kappa shape index (κ2) is 10.3. The predicted octanol–water partition coefficient (Wildman–Crippen LogP) is 5.70. The summed E-state index contributed by atoms with van der Waals surface area (Å²) in [5, 5.41) is 4.93. The highest BCUT2D eigenvalue weighted by atomic mass is 32.1. The third kappa shape index (κ3) is 5.86. The van der Waals surface area contributed by atoms with Crippen molar-refractivity contribution in [3.05, 3.63) is 46.4 Å². The maximum Gasteiger partial charge on any atom is 0.414 e. The lowest BCUT2D eigenvalue weighted by Gasteiger charge is -2.46. The molecule has 35 heavy (non-hydrogen) atoms. The van der Waals surface area contributed by atoms with Gasteiger partial charge in [-0.05, 0) is 76.5 Å². The Morgan fingerprint density at radius 2 is 1.97 bits per heavy atom. The van der Waals surface area contributed by atoms with Gasteiger partial charge >= 0.3 is 6.09 Å². The summed E-state index contributed by atoms with van der Waals surface area (Å²) in [4.78, 5) is 32.3. The van der Waals surface area contributed by atoms with Crippen molar-refractivity contribution in [1.82, 2.24) is 10.3 Å². The summed E-state index contributed by atoms with van der Waals surface area (Å²) in [6.45, 7) is 6.72. The number of rotatable bonds is 6. The van der Waals surface area contributed by atoms with Gasteiger partial charge in [0.1, 0.15) is 10.5 Å². The molecule has 1 atom stereocenters. The Morgan fingerprint density at radius 1 is 1.20 bits per heavy atom. The van der Waals surface area contributed by atoms with E-state index < -0.39 is 11.7 Å². The number of amides is 2. The molecule has 0 bridgehead atoms. The molecule has 8 heteroatoms. The minimum atomic E-state index is -0.607. The third-order valence-corrected chi connectivity index (χ3v) is 8.04. The number of nitrogens with zero attached hydrogens (tertiary/aromatic N) is 2. The molecule has 3 heterocycles. The van der Waals surface area contributed by atoms with Gasteiger partial charge in [-0.3, -0.25) is 14.7 Å². The summed E-state index contributed by atoms with van der Waals surface area (Å²) in [5.41, 5.74) is 0.853. The molecular formula is C27H37N3O4S. The quantitative estimate of drug-likeness (QED) is 0.552. The number of carbonyl (C=O) groups is 2. The summed E-state index contributed by atoms with van der Waals surface area (Å²) in [6, 6.07) is 7.89. The number of hydrogen-bond acceptors (Lipinski definition) is 6. The standard InChI is InChI=1S/C27H37N3O4S/c1-25(2,3)34-24(32)30(4)20-10-18-35-22(20)23(31)29-16-13-26(21-9-5-8-15-28-21)14-17-33-27(19-26)11-6-7-12-27/h5,8-10,15,18H,6-7,11-14,16-17,19H2,1-4H3,(H,29,31). The van der Waals surface area contributed by atoms with Gasteiger partial charge in [-0.1, -0.05) is 18.9 Å². The summed E-state index contributed by atoms with van der Waals surface area (Å²) in [7, 11) is 1.63. The minimum Gasteiger partial charge on any atom is -0.443 e. The van der Waals surface area contributed by atoms with Crippen molar-refractivity contribution >= 4 is 29.0 Å². The molecule has 4 rings (SSSR count). The number of thiophene rings is 1. The van der Waals surface area contributed by atoms with Crippen LogP contribution in [0.4, 0.5) is 10.5 Å². The van der Waals surface area contributed by atoms with Gasteiger partial charge in [-0.25, -0.2) is 4.79 Å². The molecule has 2 amide bonds. The van der Waals surface area contributed by atoms with E-state index in [9.17, 15) is 9.59 Å². The number of nitrogens with one attached hydrogen (secondary N) is 1. The second-order valence-corrected chi connectivity index (χ2v) is 11.8. The molecule has 1 spiro atoms. The Morgan fingerprint density at radius 3 is 2.66 bits per heavy atom. The first-order valence-electron chi connectivity index (χ1n) is 12.5. The van der Waals surface area contributed by atoms with Crippen LogP contribution >= 0.6 is 11.3 Å². The van der Waals surface area contributed by atoms with E-state index in [0.717, 1.165) is 44.4 Å². The molecule has 1 aliphatic heterocycles. The average Bonchev–Trinajstić information content (AvgIpc) is 3.48. The first kappa shape index (κ1) is 25.6. The fourth-order valence-electron chi connectivity index (χ4n) is 5.46. The fourth-order valence-corrected chi connectivity index (χ4v) is 6.29. The van der Waals surface area contributed by atoms with Gasteiger partial charge in [0.2, 0.25) is 0 Å². The summed E-state index contributed by atoms with van der Waals surface area (Å²) < 4.78 is 11.8. The van der Waals surface area contributed by atoms with Crippen LogP contribution in [0.15, 0.2) is 35.8 Å². The predicted molar refractivity (Wildman–Crippen MR) is 138 cm³/mol. The fraction of sp³-hybridized carbons (Fsp3) is 0.593. The van der Waals surface area contributed by atoms with E-state index in [1.165, 1.54) is 29.1 Å². The van der Waals surface area contributed by atoms with Crippen LogP contribution in [-0.4, -0.2) is 48.4 Å². The first-order valence-corrected chi connectivity index (χ1v) is 13.4. The lowest BCUT2D eigenvalue weighted by atomic mass is 9.68. The van der Waals surface area contributed by atoms with E-state index >= 15 is 0 Å². The van der Waals surface area contributed by atoms with Crippen molar-refractivity contribution in [1.29, 1.82) is 0 Å². The Labute approximate surface area is 212 Å². The molecule has 1 saturated heterocycles. The average molecular weight is 500 g/mol. The molecule has 1 N–H and O–H groups in total. The highest BCUT2D eigenvalue weighted by molar-refractivity contribution is 7.12. The second-order valence-electron chi connectivity index (χ2n) is 10.8. The monoisotopic (exact) mass is 499 g/mol. The molecule has 2 fully saturated rings. The zero-order valence-electron chi connectivity index (χ0n) is 21.3. The van der Waals surface area contributed by atoms with Gasteiger partial charge < -0.3 is 14.8 Å². The molecule has 1 unspecified atom stereocenters. The van der Waals surface area contributed by atoms with Gasteiger partial charge in [0.15, 0.2) is 0 Å². The third-order valence-electron chi connectivity index (χ3n) is 7.14. The van der Waals surface area contributed by atoms with Crippen LogP contribution in [0.2, 0.25) is 0 Å². The number of ether oxygens (including phenoxy) is 2. The number of aromatic nitrogens is 1. The molecular weight excluding hydrogens is 462 g/mol. The Bertz CT molecular complexity index is 1030. The van der Waals surface area contributed by atoms with E-state index in [-0.39, 0.29) is 16.9 Å². The van der Waals surface area contributed by atoms with Gasteiger partial charge in [0.05, 0.1) is 11.3 Å². The Balaban J connectivity index is 1.45. The Kier molecular flexibility index (Phi) is 7.52. The van der Waals surface area contributed by atoms with Crippen LogP contribution in [0.3, 0.4) is 0 Å². The van der Waals surface area contributed by atoms with Gasteiger partial charge in [0.25, 0.3) is 5.91 Å². The van der Waals surface area contributed by atoms with Crippen LogP contribution in [-0.2, 0) is 14.9 Å². The molecule has 0 aromatic carbocycles. The van der Waals surface area contributed by atoms with Crippen molar-refractivity contribution in [2.75, 3.05) is 25.1 Å². The molecule has 2 aliphatic rings. The smallest absolute Gasteiger partial charge is 0.414 e. The molecule has 1 aliphatic carbocycles. The Hall–Kier alpha value is -2.45. The van der Waals surface area contributed by atoms with Gasteiger partial charge in [0, 0.05) is 37.5 Å². The van der Waals surface area contributed by atoms with E-state index in [0.29, 0.717) is 17.1 Å². The number of hydrogen-bond donors (Lipinski definition) is 1. The van der Waals surface area contributed by atoms with E-state index in [4.69, 9.17) is 14.5 Å². The van der Waals surface area contributed by atoms with E-state index in [1.54, 1.807) is 13.1 Å². The number of carbonyl (C=O) groups excluding carboxylic acids is 2. The van der Waals surface area contributed by atoms with Gasteiger partial charge in [-0.15, -0.1) is 11.3 Å². The topological polar surface area (TPSA) is 80.8 Å². The summed E-state index contributed by atoms with van der Waals surface area (Å²) in [6.07, 6.45) is 8.63. The van der Waals surface area contributed by atoms with Crippen molar-refractivity contribution in [3.8, 4) is 0 Å².